The van der Waals surface area contributed by atoms with E-state index in [-0.39, 0.29) is 0 Å². The topological polar surface area (TPSA) is 29.5 Å². The van der Waals surface area contributed by atoms with Crippen molar-refractivity contribution in [3.8, 4) is 11.1 Å². The van der Waals surface area contributed by atoms with Crippen molar-refractivity contribution in [3.05, 3.63) is 164 Å². The van der Waals surface area contributed by atoms with E-state index in [0.29, 0.717) is 0 Å². The van der Waals surface area contributed by atoms with Crippen LogP contribution in [-0.4, -0.2) is 0 Å². The second kappa shape index (κ2) is 10.1. The van der Waals surface area contributed by atoms with E-state index in [9.17, 15) is 0 Å². The highest BCUT2D eigenvalue weighted by Crippen LogP contribution is 2.41. The molecule has 10 aromatic rings. The zero-order valence-electron chi connectivity index (χ0n) is 25.4. The van der Waals surface area contributed by atoms with Crippen LogP contribution < -0.4 is 4.90 Å². The lowest BCUT2D eigenvalue weighted by atomic mass is 9.98. The van der Waals surface area contributed by atoms with Crippen molar-refractivity contribution in [2.45, 2.75) is 0 Å². The molecule has 8 aromatic carbocycles. The first-order valence-electron chi connectivity index (χ1n) is 15.9. The zero-order chi connectivity index (χ0) is 30.9. The molecule has 0 radical (unpaired) electrons. The summed E-state index contributed by atoms with van der Waals surface area (Å²) in [6.07, 6.45) is 0. The molecule has 0 saturated carbocycles. The van der Waals surface area contributed by atoms with Crippen molar-refractivity contribution >= 4 is 82.5 Å². The minimum absolute atomic E-state index is 0.867. The average molecular weight is 602 g/mol. The molecular weight excluding hydrogens is 574 g/mol. The predicted molar refractivity (Wildman–Crippen MR) is 196 cm³/mol. The second-order valence-electron chi connectivity index (χ2n) is 12.2. The first-order valence-corrected chi connectivity index (χ1v) is 15.9. The van der Waals surface area contributed by atoms with Crippen LogP contribution in [0.5, 0.6) is 0 Å². The quantitative estimate of drug-likeness (QED) is 0.201. The Morgan fingerprint density at radius 2 is 0.915 bits per heavy atom. The van der Waals surface area contributed by atoms with Crippen molar-refractivity contribution in [1.82, 2.24) is 0 Å². The first-order chi connectivity index (χ1) is 23.3. The Labute approximate surface area is 270 Å². The van der Waals surface area contributed by atoms with E-state index >= 15 is 0 Å². The summed E-state index contributed by atoms with van der Waals surface area (Å²) in [7, 11) is 0. The van der Waals surface area contributed by atoms with Gasteiger partial charge in [0.2, 0.25) is 0 Å². The lowest BCUT2D eigenvalue weighted by Gasteiger charge is -2.26. The number of furan rings is 2. The molecular formula is C44H27NO2. The molecule has 220 valence electrons. The Balaban J connectivity index is 1.15. The van der Waals surface area contributed by atoms with Crippen LogP contribution in [0, 0.1) is 0 Å². The van der Waals surface area contributed by atoms with Gasteiger partial charge >= 0.3 is 0 Å². The largest absolute Gasteiger partial charge is 0.456 e. The van der Waals surface area contributed by atoms with E-state index < -0.39 is 0 Å². The molecule has 0 aliphatic rings. The standard InChI is InChI=1S/C44H27NO2/c1-2-10-35-28(8-1)9-7-13-36(35)29-16-19-32(20-17-29)45(34-22-23-39-37-11-3-5-14-41(37)47-44(39)27-34)33-21-18-30-25-40-38-12-4-6-15-42(38)46-43(40)26-31(30)24-33/h1-27H. The molecule has 0 aliphatic carbocycles. The molecule has 0 atom stereocenters. The van der Waals surface area contributed by atoms with Crippen molar-refractivity contribution in [2.24, 2.45) is 0 Å². The SMILES string of the molecule is c1ccc2c(-c3ccc(N(c4ccc5cc6c(cc5c4)oc4ccccc46)c4ccc5c(c4)oc4ccccc45)cc3)cccc2c1. The van der Waals surface area contributed by atoms with E-state index in [1.54, 1.807) is 0 Å². The lowest BCUT2D eigenvalue weighted by Crippen LogP contribution is -2.09. The monoisotopic (exact) mass is 601 g/mol. The summed E-state index contributed by atoms with van der Waals surface area (Å²) in [4.78, 5) is 2.31. The highest BCUT2D eigenvalue weighted by molar-refractivity contribution is 6.11. The van der Waals surface area contributed by atoms with Crippen LogP contribution in [0.4, 0.5) is 17.1 Å². The highest BCUT2D eigenvalue weighted by atomic mass is 16.3. The van der Waals surface area contributed by atoms with Gasteiger partial charge < -0.3 is 13.7 Å². The van der Waals surface area contributed by atoms with Gasteiger partial charge in [-0.3, -0.25) is 0 Å². The minimum atomic E-state index is 0.867. The number of benzene rings is 8. The van der Waals surface area contributed by atoms with Gasteiger partial charge in [-0.05, 0) is 93.3 Å². The van der Waals surface area contributed by atoms with Crippen LogP contribution in [0.2, 0.25) is 0 Å². The summed E-state index contributed by atoms with van der Waals surface area (Å²) >= 11 is 0. The molecule has 3 heteroatoms. The van der Waals surface area contributed by atoms with E-state index in [0.717, 1.165) is 66.3 Å². The van der Waals surface area contributed by atoms with E-state index in [2.05, 4.69) is 144 Å². The maximum atomic E-state index is 6.34. The Bertz CT molecular complexity index is 2800. The molecule has 0 amide bonds. The number of rotatable bonds is 4. The fraction of sp³-hybridized carbons (Fsp3) is 0. The van der Waals surface area contributed by atoms with Gasteiger partial charge in [-0.2, -0.15) is 0 Å². The summed E-state index contributed by atoms with van der Waals surface area (Å²) in [5, 5.41) is 9.30. The number of hydrogen-bond donors (Lipinski definition) is 0. The number of anilines is 3. The maximum absolute atomic E-state index is 6.34. The van der Waals surface area contributed by atoms with Gasteiger partial charge in [-0.25, -0.2) is 0 Å². The molecule has 0 saturated heterocycles. The van der Waals surface area contributed by atoms with Gasteiger partial charge in [0.1, 0.15) is 22.3 Å². The number of nitrogens with zero attached hydrogens (tertiary/aromatic N) is 1. The summed E-state index contributed by atoms with van der Waals surface area (Å²) in [5.74, 6) is 0. The molecule has 0 fully saturated rings. The maximum Gasteiger partial charge on any atom is 0.137 e. The van der Waals surface area contributed by atoms with Gasteiger partial charge in [-0.1, -0.05) is 97.1 Å². The summed E-state index contributed by atoms with van der Waals surface area (Å²) < 4.78 is 12.6. The third-order valence-electron chi connectivity index (χ3n) is 9.42. The van der Waals surface area contributed by atoms with Gasteiger partial charge in [0.15, 0.2) is 0 Å². The Hall–Kier alpha value is -6.32. The molecule has 0 spiro atoms. The molecule has 0 aliphatic heterocycles. The van der Waals surface area contributed by atoms with Crippen molar-refractivity contribution in [1.29, 1.82) is 0 Å². The molecule has 47 heavy (non-hydrogen) atoms. The van der Waals surface area contributed by atoms with Crippen LogP contribution in [-0.2, 0) is 0 Å². The van der Waals surface area contributed by atoms with Crippen LogP contribution in [0.3, 0.4) is 0 Å². The lowest BCUT2D eigenvalue weighted by molar-refractivity contribution is 0.669. The van der Waals surface area contributed by atoms with Gasteiger partial charge in [-0.15, -0.1) is 0 Å². The average Bonchev–Trinajstić information content (AvgIpc) is 3.68. The minimum Gasteiger partial charge on any atom is -0.456 e. The Morgan fingerprint density at radius 1 is 0.319 bits per heavy atom. The van der Waals surface area contributed by atoms with Gasteiger partial charge in [0, 0.05) is 44.7 Å². The fourth-order valence-electron chi connectivity index (χ4n) is 7.16. The third kappa shape index (κ3) is 4.14. The van der Waals surface area contributed by atoms with Crippen molar-refractivity contribution in [3.63, 3.8) is 0 Å². The van der Waals surface area contributed by atoms with Crippen LogP contribution >= 0.6 is 0 Å². The van der Waals surface area contributed by atoms with Gasteiger partial charge in [0.05, 0.1) is 0 Å². The number of para-hydroxylation sites is 2. The predicted octanol–water partition coefficient (Wildman–Crippen LogP) is 12.9. The van der Waals surface area contributed by atoms with Crippen LogP contribution in [0.15, 0.2) is 173 Å². The smallest absolute Gasteiger partial charge is 0.137 e. The van der Waals surface area contributed by atoms with E-state index in [4.69, 9.17) is 8.83 Å². The van der Waals surface area contributed by atoms with Crippen molar-refractivity contribution in [2.75, 3.05) is 4.90 Å². The second-order valence-corrected chi connectivity index (χ2v) is 12.2. The van der Waals surface area contributed by atoms with Crippen LogP contribution in [0.25, 0.3) is 76.5 Å². The molecule has 0 unspecified atom stereocenters. The summed E-state index contributed by atoms with van der Waals surface area (Å²) in [5.41, 5.74) is 9.12. The van der Waals surface area contributed by atoms with Crippen molar-refractivity contribution < 1.29 is 8.83 Å². The van der Waals surface area contributed by atoms with E-state index in [1.165, 1.54) is 27.3 Å². The molecule has 2 aromatic heterocycles. The normalized spacial score (nSPS) is 11.8. The Morgan fingerprint density at radius 3 is 1.72 bits per heavy atom. The molecule has 10 rings (SSSR count). The molecule has 0 bridgehead atoms. The van der Waals surface area contributed by atoms with E-state index in [1.807, 2.05) is 24.3 Å². The fourth-order valence-corrected chi connectivity index (χ4v) is 7.16. The Kier molecular flexibility index (Phi) is 5.57. The zero-order valence-corrected chi connectivity index (χ0v) is 25.4. The summed E-state index contributed by atoms with van der Waals surface area (Å²) in [6, 6.07) is 58.0. The number of hydrogen-bond acceptors (Lipinski definition) is 3. The molecule has 2 heterocycles. The van der Waals surface area contributed by atoms with Crippen LogP contribution in [0.1, 0.15) is 0 Å². The van der Waals surface area contributed by atoms with Gasteiger partial charge in [0.25, 0.3) is 0 Å². The molecule has 3 nitrogen and oxygen atoms in total. The molecule has 0 N–H and O–H groups in total. The number of fused-ring (bicyclic) bond motifs is 8. The third-order valence-corrected chi connectivity index (χ3v) is 9.42. The first kappa shape index (κ1) is 26.0. The highest BCUT2D eigenvalue weighted by Gasteiger charge is 2.17. The summed E-state index contributed by atoms with van der Waals surface area (Å²) in [6.45, 7) is 0.